The van der Waals surface area contributed by atoms with Gasteiger partial charge in [-0.25, -0.2) is 0 Å². The summed E-state index contributed by atoms with van der Waals surface area (Å²) >= 11 is 0. The number of likely N-dealkylation sites (tertiary alicyclic amines) is 1. The molecule has 4 nitrogen and oxygen atoms in total. The third kappa shape index (κ3) is 4.46. The molecule has 0 radical (unpaired) electrons. The fraction of sp³-hybridized carbons (Fsp3) is 0.824. The van der Waals surface area contributed by atoms with Gasteiger partial charge in [-0.15, -0.1) is 6.42 Å². The smallest absolute Gasteiger partial charge is 0.226 e. The van der Waals surface area contributed by atoms with Crippen LogP contribution in [-0.4, -0.2) is 61.1 Å². The molecule has 1 atom stereocenters. The molecule has 2 aliphatic heterocycles. The maximum Gasteiger partial charge on any atom is 0.226 e. The zero-order valence-corrected chi connectivity index (χ0v) is 13.4. The molecule has 21 heavy (non-hydrogen) atoms. The normalized spacial score (nSPS) is 25.0. The van der Waals surface area contributed by atoms with Crippen molar-refractivity contribution < 1.29 is 9.53 Å². The first-order chi connectivity index (χ1) is 10.1. The van der Waals surface area contributed by atoms with E-state index in [4.69, 9.17) is 11.2 Å². The molecular formula is C17H28N2O2. The number of hydrogen-bond donors (Lipinski definition) is 0. The number of piperidine rings is 1. The standard InChI is InChI=1S/C17H28N2O2/c1-4-7-18-8-5-15(6-9-18)17(20)19-10-11-21-13-16(19)12-14(2)3/h1,14-16H,5-13H2,2-3H3/t16-/m0/s1. The van der Waals surface area contributed by atoms with Gasteiger partial charge in [-0.2, -0.15) is 0 Å². The van der Waals surface area contributed by atoms with Gasteiger partial charge in [-0.1, -0.05) is 19.8 Å². The lowest BCUT2D eigenvalue weighted by atomic mass is 9.93. The van der Waals surface area contributed by atoms with E-state index in [-0.39, 0.29) is 12.0 Å². The van der Waals surface area contributed by atoms with Crippen LogP contribution in [0.4, 0.5) is 0 Å². The summed E-state index contributed by atoms with van der Waals surface area (Å²) in [6.45, 7) is 9.12. The van der Waals surface area contributed by atoms with Crippen LogP contribution in [0.5, 0.6) is 0 Å². The second-order valence-electron chi connectivity index (χ2n) is 6.64. The predicted octanol–water partition coefficient (Wildman–Crippen LogP) is 1.61. The predicted molar refractivity (Wildman–Crippen MR) is 83.8 cm³/mol. The molecule has 0 aromatic carbocycles. The van der Waals surface area contributed by atoms with Crippen LogP contribution in [0.3, 0.4) is 0 Å². The molecule has 2 rings (SSSR count). The Labute approximate surface area is 128 Å². The highest BCUT2D eigenvalue weighted by molar-refractivity contribution is 5.79. The van der Waals surface area contributed by atoms with Gasteiger partial charge in [-0.05, 0) is 38.3 Å². The van der Waals surface area contributed by atoms with Gasteiger partial charge in [0.1, 0.15) is 0 Å². The summed E-state index contributed by atoms with van der Waals surface area (Å²) in [6, 6.07) is 0.259. The lowest BCUT2D eigenvalue weighted by Crippen LogP contribution is -2.52. The molecule has 1 amide bonds. The molecule has 2 heterocycles. The zero-order chi connectivity index (χ0) is 15.2. The van der Waals surface area contributed by atoms with Crippen LogP contribution in [0, 0.1) is 24.2 Å². The Morgan fingerprint density at radius 3 is 2.67 bits per heavy atom. The van der Waals surface area contributed by atoms with E-state index in [2.05, 4.69) is 29.6 Å². The average Bonchev–Trinajstić information content (AvgIpc) is 2.48. The van der Waals surface area contributed by atoms with Gasteiger partial charge < -0.3 is 9.64 Å². The third-order valence-corrected chi connectivity index (χ3v) is 4.51. The summed E-state index contributed by atoms with van der Waals surface area (Å²) in [6.07, 6.45) is 8.26. The molecule has 2 fully saturated rings. The Kier molecular flexibility index (Phi) is 6.08. The first-order valence-corrected chi connectivity index (χ1v) is 8.16. The minimum atomic E-state index is 0.173. The van der Waals surface area contributed by atoms with Crippen LogP contribution in [0.2, 0.25) is 0 Å². The molecule has 0 saturated carbocycles. The van der Waals surface area contributed by atoms with Crippen molar-refractivity contribution in [3.63, 3.8) is 0 Å². The summed E-state index contributed by atoms with van der Waals surface area (Å²) in [5, 5.41) is 0. The quantitative estimate of drug-likeness (QED) is 0.738. The molecule has 0 aromatic rings. The van der Waals surface area contributed by atoms with E-state index in [1.54, 1.807) is 0 Å². The van der Waals surface area contributed by atoms with Crippen molar-refractivity contribution in [3.8, 4) is 12.3 Å². The van der Waals surface area contributed by atoms with E-state index in [1.807, 2.05) is 0 Å². The Balaban J connectivity index is 1.90. The number of nitrogens with zero attached hydrogens (tertiary/aromatic N) is 2. The Morgan fingerprint density at radius 2 is 2.05 bits per heavy atom. The highest BCUT2D eigenvalue weighted by atomic mass is 16.5. The summed E-state index contributed by atoms with van der Waals surface area (Å²) < 4.78 is 5.58. The maximum absolute atomic E-state index is 12.8. The molecule has 0 aromatic heterocycles. The largest absolute Gasteiger partial charge is 0.377 e. The fourth-order valence-corrected chi connectivity index (χ4v) is 3.39. The van der Waals surface area contributed by atoms with Crippen molar-refractivity contribution in [2.24, 2.45) is 11.8 Å². The molecule has 0 aliphatic carbocycles. The third-order valence-electron chi connectivity index (χ3n) is 4.51. The summed E-state index contributed by atoms with van der Waals surface area (Å²) in [5.74, 6) is 3.79. The SMILES string of the molecule is C#CCN1CCC(C(=O)N2CCOC[C@@H]2CC(C)C)CC1. The summed E-state index contributed by atoms with van der Waals surface area (Å²) in [5.41, 5.74) is 0. The van der Waals surface area contributed by atoms with Gasteiger partial charge in [0.05, 0.1) is 25.8 Å². The van der Waals surface area contributed by atoms with E-state index < -0.39 is 0 Å². The minimum Gasteiger partial charge on any atom is -0.377 e. The minimum absolute atomic E-state index is 0.173. The molecule has 0 N–H and O–H groups in total. The fourth-order valence-electron chi connectivity index (χ4n) is 3.39. The highest BCUT2D eigenvalue weighted by Crippen LogP contribution is 2.24. The molecule has 0 spiro atoms. The number of morpholine rings is 1. The van der Waals surface area contributed by atoms with Crippen molar-refractivity contribution in [1.82, 2.24) is 9.80 Å². The van der Waals surface area contributed by atoms with E-state index in [9.17, 15) is 4.79 Å². The first kappa shape index (κ1) is 16.3. The molecular weight excluding hydrogens is 264 g/mol. The molecule has 118 valence electrons. The van der Waals surface area contributed by atoms with Crippen molar-refractivity contribution in [2.45, 2.75) is 39.2 Å². The lowest BCUT2D eigenvalue weighted by molar-refractivity contribution is -0.146. The molecule has 2 saturated heterocycles. The average molecular weight is 292 g/mol. The Morgan fingerprint density at radius 1 is 1.33 bits per heavy atom. The number of rotatable bonds is 4. The van der Waals surface area contributed by atoms with Crippen molar-refractivity contribution in [2.75, 3.05) is 39.4 Å². The lowest BCUT2D eigenvalue weighted by Gasteiger charge is -2.40. The van der Waals surface area contributed by atoms with Gasteiger partial charge in [0.25, 0.3) is 0 Å². The topological polar surface area (TPSA) is 32.8 Å². The van der Waals surface area contributed by atoms with Gasteiger partial charge in [-0.3, -0.25) is 9.69 Å². The van der Waals surface area contributed by atoms with Crippen LogP contribution in [-0.2, 0) is 9.53 Å². The second kappa shape index (κ2) is 7.82. The number of carbonyl (C=O) groups excluding carboxylic acids is 1. The molecule has 4 heteroatoms. The summed E-state index contributed by atoms with van der Waals surface area (Å²) in [4.78, 5) is 17.2. The number of amides is 1. The number of hydrogen-bond acceptors (Lipinski definition) is 3. The molecule has 0 unspecified atom stereocenters. The van der Waals surface area contributed by atoms with Crippen molar-refractivity contribution in [3.05, 3.63) is 0 Å². The van der Waals surface area contributed by atoms with E-state index in [0.29, 0.717) is 31.6 Å². The van der Waals surface area contributed by atoms with Gasteiger partial charge in [0, 0.05) is 12.5 Å². The van der Waals surface area contributed by atoms with Crippen molar-refractivity contribution in [1.29, 1.82) is 0 Å². The van der Waals surface area contributed by atoms with E-state index in [1.165, 1.54) is 0 Å². The van der Waals surface area contributed by atoms with E-state index >= 15 is 0 Å². The number of carbonyl (C=O) groups is 1. The van der Waals surface area contributed by atoms with Gasteiger partial charge in [0.2, 0.25) is 5.91 Å². The summed E-state index contributed by atoms with van der Waals surface area (Å²) in [7, 11) is 0. The van der Waals surface area contributed by atoms with E-state index in [0.717, 1.165) is 38.9 Å². The van der Waals surface area contributed by atoms with Crippen LogP contribution < -0.4 is 0 Å². The van der Waals surface area contributed by atoms with Gasteiger partial charge in [0.15, 0.2) is 0 Å². The maximum atomic E-state index is 12.8. The number of ether oxygens (including phenoxy) is 1. The molecule has 0 bridgehead atoms. The Bertz CT molecular complexity index is 381. The van der Waals surface area contributed by atoms with Crippen LogP contribution in [0.25, 0.3) is 0 Å². The van der Waals surface area contributed by atoms with Crippen LogP contribution in [0.1, 0.15) is 33.1 Å². The monoisotopic (exact) mass is 292 g/mol. The number of terminal acetylenes is 1. The van der Waals surface area contributed by atoms with Crippen LogP contribution >= 0.6 is 0 Å². The zero-order valence-electron chi connectivity index (χ0n) is 13.4. The second-order valence-corrected chi connectivity index (χ2v) is 6.64. The Hall–Kier alpha value is -1.05. The highest BCUT2D eigenvalue weighted by Gasteiger charge is 2.33. The first-order valence-electron chi connectivity index (χ1n) is 8.16. The van der Waals surface area contributed by atoms with Crippen molar-refractivity contribution >= 4 is 5.91 Å². The van der Waals surface area contributed by atoms with Crippen LogP contribution in [0.15, 0.2) is 0 Å². The van der Waals surface area contributed by atoms with Gasteiger partial charge >= 0.3 is 0 Å². The molecule has 2 aliphatic rings.